The van der Waals surface area contributed by atoms with E-state index in [9.17, 15) is 4.79 Å². The smallest absolute Gasteiger partial charge is 0.228 e. The van der Waals surface area contributed by atoms with E-state index in [4.69, 9.17) is 4.74 Å². The Kier molecular flexibility index (Phi) is 4.56. The quantitative estimate of drug-likeness (QED) is 0.844. The lowest BCUT2D eigenvalue weighted by Crippen LogP contribution is -2.38. The van der Waals surface area contributed by atoms with Gasteiger partial charge in [-0.25, -0.2) is 0 Å². The maximum Gasteiger partial charge on any atom is 0.228 e. The topological polar surface area (TPSA) is 41.6 Å². The first-order valence-electron chi connectivity index (χ1n) is 7.98. The van der Waals surface area contributed by atoms with Gasteiger partial charge in [0.25, 0.3) is 0 Å². The van der Waals surface area contributed by atoms with Crippen molar-refractivity contribution in [2.75, 3.05) is 24.6 Å². The molecule has 2 heterocycles. The summed E-state index contributed by atoms with van der Waals surface area (Å²) in [6, 6.07) is 8.49. The summed E-state index contributed by atoms with van der Waals surface area (Å²) >= 11 is 0. The molecule has 3 rings (SSSR count). The molecular weight excluding hydrogens is 264 g/mol. The number of hydrogen-bond acceptors (Lipinski definition) is 3. The molecule has 2 unspecified atom stereocenters. The van der Waals surface area contributed by atoms with Gasteiger partial charge in [0.1, 0.15) is 0 Å². The maximum atomic E-state index is 12.5. The Morgan fingerprint density at radius 3 is 3.10 bits per heavy atom. The van der Waals surface area contributed by atoms with Gasteiger partial charge in [-0.1, -0.05) is 18.2 Å². The largest absolute Gasteiger partial charge is 0.377 e. The lowest BCUT2D eigenvalue weighted by molar-refractivity contribution is -0.118. The number of rotatable bonds is 5. The Labute approximate surface area is 126 Å². The van der Waals surface area contributed by atoms with Gasteiger partial charge in [-0.2, -0.15) is 0 Å². The van der Waals surface area contributed by atoms with Crippen LogP contribution < -0.4 is 10.2 Å². The van der Waals surface area contributed by atoms with Crippen LogP contribution in [0.25, 0.3) is 0 Å². The molecule has 0 radical (unpaired) electrons. The number of nitrogens with zero attached hydrogens (tertiary/aromatic N) is 1. The van der Waals surface area contributed by atoms with E-state index in [0.717, 1.165) is 44.6 Å². The predicted molar refractivity (Wildman–Crippen MR) is 83.6 cm³/mol. The van der Waals surface area contributed by atoms with Crippen molar-refractivity contribution in [3.05, 3.63) is 29.8 Å². The number of carbonyl (C=O) groups is 1. The van der Waals surface area contributed by atoms with E-state index in [1.165, 1.54) is 5.56 Å². The van der Waals surface area contributed by atoms with E-state index in [2.05, 4.69) is 24.4 Å². The van der Waals surface area contributed by atoms with Crippen molar-refractivity contribution in [2.24, 2.45) is 0 Å². The molecule has 1 aromatic rings. The molecule has 1 aromatic carbocycles. The number of carbonyl (C=O) groups excluding carboxylic acids is 1. The second-order valence-corrected chi connectivity index (χ2v) is 6.03. The Hall–Kier alpha value is -1.39. The van der Waals surface area contributed by atoms with E-state index in [1.54, 1.807) is 0 Å². The van der Waals surface area contributed by atoms with Crippen LogP contribution in [-0.4, -0.2) is 37.7 Å². The summed E-state index contributed by atoms with van der Waals surface area (Å²) in [5.74, 6) is 0.215. The first kappa shape index (κ1) is 14.5. The molecule has 1 N–H and O–H groups in total. The molecule has 0 aliphatic carbocycles. The number of hydrogen-bond donors (Lipinski definition) is 1. The standard InChI is InChI=1S/C17H24N2O2/c1-13-11-14-5-2-3-7-16(14)19(13)17(20)8-9-18-12-15-6-4-10-21-15/h2-3,5,7,13,15,18H,4,6,8-12H2,1H3. The fraction of sp³-hybridized carbons (Fsp3) is 0.588. The summed E-state index contributed by atoms with van der Waals surface area (Å²) < 4.78 is 5.57. The third-order valence-corrected chi connectivity index (χ3v) is 4.39. The zero-order chi connectivity index (χ0) is 14.7. The Morgan fingerprint density at radius 2 is 2.29 bits per heavy atom. The van der Waals surface area contributed by atoms with Crippen LogP contribution in [0.2, 0.25) is 0 Å². The van der Waals surface area contributed by atoms with E-state index in [-0.39, 0.29) is 11.9 Å². The van der Waals surface area contributed by atoms with Crippen LogP contribution in [-0.2, 0) is 16.0 Å². The third kappa shape index (κ3) is 3.27. The van der Waals surface area contributed by atoms with Crippen LogP contribution in [0.3, 0.4) is 0 Å². The molecule has 1 saturated heterocycles. The summed E-state index contributed by atoms with van der Waals surface area (Å²) in [5.41, 5.74) is 2.37. The fourth-order valence-electron chi connectivity index (χ4n) is 3.33. The SMILES string of the molecule is CC1Cc2ccccc2N1C(=O)CCNCC1CCCO1. The van der Waals surface area contributed by atoms with E-state index < -0.39 is 0 Å². The maximum absolute atomic E-state index is 12.5. The third-order valence-electron chi connectivity index (χ3n) is 4.39. The number of anilines is 1. The molecule has 4 heteroatoms. The van der Waals surface area contributed by atoms with Gasteiger partial charge in [0.05, 0.1) is 6.10 Å². The monoisotopic (exact) mass is 288 g/mol. The number of benzene rings is 1. The highest BCUT2D eigenvalue weighted by molar-refractivity contribution is 5.96. The molecule has 4 nitrogen and oxygen atoms in total. The molecule has 2 aliphatic rings. The fourth-order valence-corrected chi connectivity index (χ4v) is 3.33. The number of fused-ring (bicyclic) bond motifs is 1. The zero-order valence-electron chi connectivity index (χ0n) is 12.7. The van der Waals surface area contributed by atoms with E-state index in [0.29, 0.717) is 12.5 Å². The van der Waals surface area contributed by atoms with Crippen molar-refractivity contribution < 1.29 is 9.53 Å². The molecule has 2 aliphatic heterocycles. The highest BCUT2D eigenvalue weighted by atomic mass is 16.5. The second kappa shape index (κ2) is 6.58. The molecule has 0 aromatic heterocycles. The average molecular weight is 288 g/mol. The minimum absolute atomic E-state index is 0.215. The molecule has 1 amide bonds. The van der Waals surface area contributed by atoms with Crippen molar-refractivity contribution in [3.8, 4) is 0 Å². The highest BCUT2D eigenvalue weighted by Crippen LogP contribution is 2.32. The summed E-state index contributed by atoms with van der Waals surface area (Å²) in [4.78, 5) is 14.4. The summed E-state index contributed by atoms with van der Waals surface area (Å²) in [6.07, 6.45) is 4.15. The molecule has 2 atom stereocenters. The Bertz CT molecular complexity index is 497. The second-order valence-electron chi connectivity index (χ2n) is 6.03. The van der Waals surface area contributed by atoms with Crippen molar-refractivity contribution >= 4 is 11.6 Å². The molecule has 21 heavy (non-hydrogen) atoms. The van der Waals surface area contributed by atoms with Crippen LogP contribution in [0.15, 0.2) is 24.3 Å². The van der Waals surface area contributed by atoms with Gasteiger partial charge in [0.2, 0.25) is 5.91 Å². The first-order chi connectivity index (χ1) is 10.3. The first-order valence-corrected chi connectivity index (χ1v) is 7.98. The average Bonchev–Trinajstić information content (AvgIpc) is 3.09. The molecule has 1 fully saturated rings. The summed E-state index contributed by atoms with van der Waals surface area (Å²) in [5, 5.41) is 3.35. The van der Waals surface area contributed by atoms with Crippen LogP contribution in [0.5, 0.6) is 0 Å². The number of nitrogens with one attached hydrogen (secondary N) is 1. The normalized spacial score (nSPS) is 24.3. The zero-order valence-corrected chi connectivity index (χ0v) is 12.7. The minimum atomic E-state index is 0.215. The van der Waals surface area contributed by atoms with E-state index >= 15 is 0 Å². The minimum Gasteiger partial charge on any atom is -0.377 e. The van der Waals surface area contributed by atoms with Gasteiger partial charge < -0.3 is 15.0 Å². The van der Waals surface area contributed by atoms with Gasteiger partial charge >= 0.3 is 0 Å². The summed E-state index contributed by atoms with van der Waals surface area (Å²) in [6.45, 7) is 4.59. The molecule has 0 bridgehead atoms. The molecule has 114 valence electrons. The van der Waals surface area contributed by atoms with Crippen molar-refractivity contribution in [1.82, 2.24) is 5.32 Å². The predicted octanol–water partition coefficient (Wildman–Crippen LogP) is 2.12. The van der Waals surface area contributed by atoms with Gasteiger partial charge in [-0.05, 0) is 37.8 Å². The van der Waals surface area contributed by atoms with Gasteiger partial charge in [-0.3, -0.25) is 4.79 Å². The van der Waals surface area contributed by atoms with Crippen molar-refractivity contribution in [1.29, 1.82) is 0 Å². The number of para-hydroxylation sites is 1. The molecule has 0 spiro atoms. The van der Waals surface area contributed by atoms with Gasteiger partial charge in [0, 0.05) is 37.8 Å². The number of ether oxygens (including phenoxy) is 1. The molecular formula is C17H24N2O2. The van der Waals surface area contributed by atoms with Crippen LogP contribution in [0.4, 0.5) is 5.69 Å². The Balaban J connectivity index is 1.49. The van der Waals surface area contributed by atoms with Crippen LogP contribution in [0, 0.1) is 0 Å². The summed E-state index contributed by atoms with van der Waals surface area (Å²) in [7, 11) is 0. The number of amides is 1. The van der Waals surface area contributed by atoms with Crippen LogP contribution >= 0.6 is 0 Å². The van der Waals surface area contributed by atoms with Crippen LogP contribution in [0.1, 0.15) is 31.7 Å². The van der Waals surface area contributed by atoms with E-state index in [1.807, 2.05) is 17.0 Å². The van der Waals surface area contributed by atoms with Gasteiger partial charge in [-0.15, -0.1) is 0 Å². The highest BCUT2D eigenvalue weighted by Gasteiger charge is 2.29. The van der Waals surface area contributed by atoms with Crippen molar-refractivity contribution in [2.45, 2.75) is 44.8 Å². The molecule has 0 saturated carbocycles. The lowest BCUT2D eigenvalue weighted by Gasteiger charge is -2.23. The van der Waals surface area contributed by atoms with Gasteiger partial charge in [0.15, 0.2) is 0 Å². The Morgan fingerprint density at radius 1 is 1.43 bits per heavy atom. The lowest BCUT2D eigenvalue weighted by atomic mass is 10.1. The van der Waals surface area contributed by atoms with Crippen molar-refractivity contribution in [3.63, 3.8) is 0 Å².